The number of fused-ring (bicyclic) bond motifs is 5. The summed E-state index contributed by atoms with van der Waals surface area (Å²) in [5.74, 6) is 7.77. The summed E-state index contributed by atoms with van der Waals surface area (Å²) >= 11 is 0. The van der Waals surface area contributed by atoms with Crippen molar-refractivity contribution in [2.75, 3.05) is 0 Å². The summed E-state index contributed by atoms with van der Waals surface area (Å²) in [7, 11) is 0. The zero-order valence-corrected chi connectivity index (χ0v) is 23.4. The summed E-state index contributed by atoms with van der Waals surface area (Å²) in [6.45, 7) is 12.5. The quantitative estimate of drug-likeness (QED) is 0.143. The first-order valence-electron chi connectivity index (χ1n) is 15.0. The molecule has 0 aliphatic heterocycles. The Labute approximate surface area is 216 Å². The summed E-state index contributed by atoms with van der Waals surface area (Å²) < 4.78 is 5.89. The maximum Gasteiger partial charge on any atom is 0.306 e. The second-order valence-electron chi connectivity index (χ2n) is 13.7. The predicted molar refractivity (Wildman–Crippen MR) is 146 cm³/mol. The van der Waals surface area contributed by atoms with Crippen molar-refractivity contribution >= 4 is 5.97 Å². The summed E-state index contributed by atoms with van der Waals surface area (Å²) in [6, 6.07) is 0. The minimum Gasteiger partial charge on any atom is -0.462 e. The lowest BCUT2D eigenvalue weighted by Gasteiger charge is -2.58. The number of terminal acetylenes is 1. The van der Waals surface area contributed by atoms with Crippen LogP contribution < -0.4 is 0 Å². The minimum atomic E-state index is -0.0592. The minimum absolute atomic E-state index is 0.0592. The lowest BCUT2D eigenvalue weighted by atomic mass is 9.47. The highest BCUT2D eigenvalue weighted by atomic mass is 16.5. The van der Waals surface area contributed by atoms with Gasteiger partial charge in [0.2, 0.25) is 0 Å². The number of rotatable bonds is 9. The number of hydrogen-bond acceptors (Lipinski definition) is 2. The van der Waals surface area contributed by atoms with Crippen molar-refractivity contribution < 1.29 is 9.53 Å². The van der Waals surface area contributed by atoms with E-state index in [1.165, 1.54) is 57.8 Å². The monoisotopic (exact) mass is 480 g/mol. The number of hydrogen-bond donors (Lipinski definition) is 0. The van der Waals surface area contributed by atoms with E-state index >= 15 is 0 Å². The van der Waals surface area contributed by atoms with E-state index in [9.17, 15) is 4.79 Å². The van der Waals surface area contributed by atoms with E-state index < -0.39 is 0 Å². The lowest BCUT2D eigenvalue weighted by Crippen LogP contribution is -2.51. The van der Waals surface area contributed by atoms with Crippen LogP contribution in [0.25, 0.3) is 0 Å². The van der Waals surface area contributed by atoms with Gasteiger partial charge in [-0.3, -0.25) is 4.79 Å². The van der Waals surface area contributed by atoms with Crippen molar-refractivity contribution in [1.29, 1.82) is 0 Å². The van der Waals surface area contributed by atoms with Gasteiger partial charge in [0, 0.05) is 19.3 Å². The molecule has 35 heavy (non-hydrogen) atoms. The molecule has 0 bridgehead atoms. The maximum atomic E-state index is 12.3. The molecule has 3 saturated carbocycles. The van der Waals surface area contributed by atoms with Crippen molar-refractivity contribution in [1.82, 2.24) is 0 Å². The van der Waals surface area contributed by atoms with Crippen molar-refractivity contribution in [2.45, 2.75) is 131 Å². The zero-order valence-electron chi connectivity index (χ0n) is 23.4. The first kappa shape index (κ1) is 26.8. The molecule has 2 heteroatoms. The van der Waals surface area contributed by atoms with E-state index in [1.54, 1.807) is 5.57 Å². The van der Waals surface area contributed by atoms with E-state index in [0.29, 0.717) is 23.7 Å². The molecule has 4 aliphatic rings. The average molecular weight is 481 g/mol. The first-order valence-corrected chi connectivity index (χ1v) is 15.0. The molecule has 8 atom stereocenters. The van der Waals surface area contributed by atoms with Gasteiger partial charge in [0.1, 0.15) is 6.10 Å². The van der Waals surface area contributed by atoms with Crippen LogP contribution >= 0.6 is 0 Å². The molecule has 196 valence electrons. The highest BCUT2D eigenvalue weighted by Crippen LogP contribution is 2.67. The van der Waals surface area contributed by atoms with E-state index in [4.69, 9.17) is 11.2 Å². The number of ether oxygens (including phenoxy) is 1. The largest absolute Gasteiger partial charge is 0.462 e. The Bertz CT molecular complexity index is 817. The number of allylic oxidation sites excluding steroid dienone is 1. The molecule has 0 aromatic rings. The van der Waals surface area contributed by atoms with Gasteiger partial charge in [-0.2, -0.15) is 0 Å². The SMILES string of the molecule is C#CCCCC(=O)O[C@H]1CC[C@@]2(C)C(=CC[C@H]3[C@@H]4CC[C@H]([C@H](C)CCCC(C)C)[C@@]4(C)CC[C@@H]32)C1. The Balaban J connectivity index is 1.39. The molecule has 0 aromatic carbocycles. The van der Waals surface area contributed by atoms with Crippen LogP contribution in [-0.4, -0.2) is 12.1 Å². The highest BCUT2D eigenvalue weighted by Gasteiger charge is 2.59. The standard InChI is InChI=1S/C33H52O2/c1-7-8-9-13-31(34)35-26-18-20-32(5)25(22-26)14-15-27-29-17-16-28(24(4)12-10-11-23(2)3)33(29,6)21-19-30(27)32/h1,14,23-24,26-30H,8-13,15-22H2,2-6H3/t24-,26+,27+,28-,29+,30+,32+,33-/m1/s1. The molecule has 4 rings (SSSR count). The van der Waals surface area contributed by atoms with Gasteiger partial charge in [-0.05, 0) is 97.7 Å². The molecular weight excluding hydrogens is 428 g/mol. The number of carbonyl (C=O) groups excluding carboxylic acids is 1. The topological polar surface area (TPSA) is 26.3 Å². The number of unbranched alkanes of at least 4 members (excludes halogenated alkanes) is 1. The molecular formula is C33H52O2. The second-order valence-corrected chi connectivity index (χ2v) is 13.7. The van der Waals surface area contributed by atoms with E-state index in [2.05, 4.69) is 46.6 Å². The molecule has 0 heterocycles. The van der Waals surface area contributed by atoms with Crippen LogP contribution in [0.4, 0.5) is 0 Å². The Kier molecular flexibility index (Phi) is 8.45. The Hall–Kier alpha value is -1.23. The second kappa shape index (κ2) is 11.0. The first-order chi connectivity index (χ1) is 16.7. The van der Waals surface area contributed by atoms with Crippen molar-refractivity contribution in [3.8, 4) is 12.3 Å². The van der Waals surface area contributed by atoms with Gasteiger partial charge in [0.25, 0.3) is 0 Å². The van der Waals surface area contributed by atoms with E-state index in [1.807, 2.05) is 0 Å². The fourth-order valence-corrected chi connectivity index (χ4v) is 9.33. The van der Waals surface area contributed by atoms with Crippen LogP contribution in [0.3, 0.4) is 0 Å². The third kappa shape index (κ3) is 5.40. The molecule has 0 amide bonds. The molecule has 0 N–H and O–H groups in total. The third-order valence-corrected chi connectivity index (χ3v) is 11.3. The number of esters is 1. The summed E-state index contributed by atoms with van der Waals surface area (Å²) in [4.78, 5) is 12.3. The fourth-order valence-electron chi connectivity index (χ4n) is 9.33. The van der Waals surface area contributed by atoms with Gasteiger partial charge in [0.15, 0.2) is 0 Å². The smallest absolute Gasteiger partial charge is 0.306 e. The maximum absolute atomic E-state index is 12.3. The van der Waals surface area contributed by atoms with E-state index in [0.717, 1.165) is 54.8 Å². The zero-order chi connectivity index (χ0) is 25.2. The van der Waals surface area contributed by atoms with Crippen molar-refractivity contribution in [3.05, 3.63) is 11.6 Å². The molecule has 0 spiro atoms. The van der Waals surface area contributed by atoms with Crippen LogP contribution in [0.2, 0.25) is 0 Å². The molecule has 3 fully saturated rings. The van der Waals surface area contributed by atoms with Gasteiger partial charge in [-0.15, -0.1) is 12.3 Å². The summed E-state index contributed by atoms with van der Waals surface area (Å²) in [5, 5.41) is 0. The Morgan fingerprint density at radius 2 is 1.89 bits per heavy atom. The van der Waals surface area contributed by atoms with Crippen molar-refractivity contribution in [3.63, 3.8) is 0 Å². The van der Waals surface area contributed by atoms with Crippen LogP contribution in [-0.2, 0) is 9.53 Å². The molecule has 0 saturated heterocycles. The summed E-state index contributed by atoms with van der Waals surface area (Å²) in [6.07, 6.45) is 24.2. The molecule has 0 unspecified atom stereocenters. The van der Waals surface area contributed by atoms with E-state index in [-0.39, 0.29) is 12.1 Å². The van der Waals surface area contributed by atoms with Crippen LogP contribution in [0.15, 0.2) is 11.6 Å². The number of carbonyl (C=O) groups is 1. The Morgan fingerprint density at radius 1 is 1.09 bits per heavy atom. The van der Waals surface area contributed by atoms with Crippen LogP contribution in [0, 0.1) is 58.7 Å². The molecule has 0 aromatic heterocycles. The lowest BCUT2D eigenvalue weighted by molar-refractivity contribution is -0.151. The van der Waals surface area contributed by atoms with Gasteiger partial charge >= 0.3 is 5.97 Å². The van der Waals surface area contributed by atoms with Gasteiger partial charge in [-0.1, -0.05) is 65.5 Å². The molecule has 0 radical (unpaired) electrons. The van der Waals surface area contributed by atoms with Gasteiger partial charge in [0.05, 0.1) is 0 Å². The van der Waals surface area contributed by atoms with Crippen LogP contribution in [0.1, 0.15) is 125 Å². The van der Waals surface area contributed by atoms with Gasteiger partial charge in [-0.25, -0.2) is 0 Å². The third-order valence-electron chi connectivity index (χ3n) is 11.3. The predicted octanol–water partition coefficient (Wildman–Crippen LogP) is 8.74. The molecule has 2 nitrogen and oxygen atoms in total. The summed E-state index contributed by atoms with van der Waals surface area (Å²) in [5.41, 5.74) is 2.47. The van der Waals surface area contributed by atoms with Crippen molar-refractivity contribution in [2.24, 2.45) is 46.3 Å². The highest BCUT2D eigenvalue weighted by molar-refractivity contribution is 5.69. The normalized spacial score (nSPS) is 39.1. The average Bonchev–Trinajstić information content (AvgIpc) is 3.16. The van der Waals surface area contributed by atoms with Crippen LogP contribution in [0.5, 0.6) is 0 Å². The molecule has 4 aliphatic carbocycles. The fraction of sp³-hybridized carbons (Fsp3) is 0.848. The van der Waals surface area contributed by atoms with Gasteiger partial charge < -0.3 is 4.74 Å². The Morgan fingerprint density at radius 3 is 2.63 bits per heavy atom.